The van der Waals surface area contributed by atoms with Crippen molar-refractivity contribution in [3.63, 3.8) is 0 Å². The van der Waals surface area contributed by atoms with Gasteiger partial charge in [-0.15, -0.1) is 66.7 Å². The molecule has 0 bridgehead atoms. The minimum atomic E-state index is -0.0441. The van der Waals surface area contributed by atoms with Crippen LogP contribution in [-0.2, 0) is 77.9 Å². The Hall–Kier alpha value is -12.0. The summed E-state index contributed by atoms with van der Waals surface area (Å²) in [5, 5.41) is 43.7. The Morgan fingerprint density at radius 2 is 0.726 bits per heavy atom. The molecule has 11 heterocycles. The van der Waals surface area contributed by atoms with E-state index in [1.165, 1.54) is 11.1 Å². The molecular weight excluding hydrogens is 1650 g/mol. The molecule has 4 N–H and O–H groups in total. The Morgan fingerprint density at radius 3 is 1.23 bits per heavy atom. The first kappa shape index (κ1) is 82.9. The number of aryl methyl sites for hydroxylation is 1. The van der Waals surface area contributed by atoms with E-state index >= 15 is 0 Å². The molecule has 0 radical (unpaired) electrons. The van der Waals surface area contributed by atoms with Crippen LogP contribution in [-0.4, -0.2) is 64.9 Å². The first-order valence-electron chi connectivity index (χ1n) is 37.8. The molecule has 0 unspecified atom stereocenters. The van der Waals surface area contributed by atoms with E-state index < -0.39 is 0 Å². The summed E-state index contributed by atoms with van der Waals surface area (Å²) in [5.74, 6) is 0.912. The summed E-state index contributed by atoms with van der Waals surface area (Å²) in [5.41, 5.74) is 23.9. The fourth-order valence-electron chi connectivity index (χ4n) is 15.3. The predicted molar refractivity (Wildman–Crippen MR) is 453 cm³/mol. The number of pyridine rings is 8. The molecule has 0 fully saturated rings. The Balaban J connectivity index is 0.000000134. The zero-order valence-electron chi connectivity index (χ0n) is 63.4. The first-order chi connectivity index (χ1) is 55.5. The monoisotopic (exact) mass is 1720 g/mol. The average molecular weight is 1720 g/mol. The van der Waals surface area contributed by atoms with Gasteiger partial charge in [0.2, 0.25) is 0 Å². The molecule has 11 aromatic heterocycles. The smallest absolute Gasteiger partial charge is 0.124 e. The molecule has 1 aliphatic carbocycles. The molecule has 590 valence electrons. The first-order valence-corrected chi connectivity index (χ1v) is 38.6. The van der Waals surface area contributed by atoms with Crippen molar-refractivity contribution in [2.24, 2.45) is 0 Å². The fraction of sp³-hybridized carbons (Fsp3) is 0.102. The maximum Gasteiger partial charge on any atom is 0.124 e. The van der Waals surface area contributed by atoms with E-state index in [1.807, 2.05) is 188 Å². The number of fused-ring (bicyclic) bond motifs is 12. The van der Waals surface area contributed by atoms with Gasteiger partial charge in [0.1, 0.15) is 28.6 Å². The van der Waals surface area contributed by atoms with Crippen molar-refractivity contribution in [1.82, 2.24) is 44.4 Å². The number of aromatic nitrogens is 9. The van der Waals surface area contributed by atoms with Crippen LogP contribution in [0.4, 0.5) is 0 Å². The molecule has 0 aliphatic heterocycles. The quantitative estimate of drug-likeness (QED) is 0.0592. The minimum Gasteiger partial charge on any atom is -0.507 e. The van der Waals surface area contributed by atoms with Gasteiger partial charge in [-0.2, -0.15) is 11.3 Å². The summed E-state index contributed by atoms with van der Waals surface area (Å²) in [4.78, 5) is 37.4. The van der Waals surface area contributed by atoms with Crippen LogP contribution in [0.2, 0.25) is 0 Å². The van der Waals surface area contributed by atoms with Gasteiger partial charge in [-0.3, -0.25) is 39.9 Å². The van der Waals surface area contributed by atoms with E-state index in [4.69, 9.17) is 24.4 Å². The predicted octanol–water partition coefficient (Wildman–Crippen LogP) is 23.9. The molecule has 20 rings (SSSR count). The second-order valence-electron chi connectivity index (χ2n) is 27.6. The Labute approximate surface area is 721 Å². The Bertz CT molecular complexity index is 6510. The van der Waals surface area contributed by atoms with Crippen LogP contribution in [0.15, 0.2) is 296 Å². The van der Waals surface area contributed by atoms with Gasteiger partial charge in [0.25, 0.3) is 0 Å². The number of hydrogen-bond acceptors (Lipinski definition) is 14. The summed E-state index contributed by atoms with van der Waals surface area (Å²) in [6.07, 6.45) is 12.5. The molecule has 117 heavy (non-hydrogen) atoms. The van der Waals surface area contributed by atoms with Gasteiger partial charge < -0.3 is 29.4 Å². The molecule has 0 atom stereocenters. The van der Waals surface area contributed by atoms with E-state index in [2.05, 4.69) is 124 Å². The zero-order valence-corrected chi connectivity index (χ0v) is 68.1. The van der Waals surface area contributed by atoms with E-state index in [1.54, 1.807) is 60.3 Å². The van der Waals surface area contributed by atoms with E-state index in [0.717, 1.165) is 187 Å². The van der Waals surface area contributed by atoms with Gasteiger partial charge in [-0.25, -0.2) is 0 Å². The number of rotatable bonds is 14. The van der Waals surface area contributed by atoms with Crippen LogP contribution in [0.1, 0.15) is 64.0 Å². The van der Waals surface area contributed by atoms with Crippen molar-refractivity contribution < 1.29 is 90.8 Å². The molecule has 8 aromatic carbocycles. The van der Waals surface area contributed by atoms with Crippen LogP contribution < -0.4 is 0 Å². The van der Waals surface area contributed by atoms with Crippen LogP contribution in [0.5, 0.6) is 23.0 Å². The number of benzene rings is 8. The number of hydrogen-bond donors (Lipinski definition) is 4. The molecule has 0 spiro atoms. The van der Waals surface area contributed by atoms with Gasteiger partial charge in [0.05, 0.1) is 33.9 Å². The van der Waals surface area contributed by atoms with Crippen molar-refractivity contribution >= 4 is 75.6 Å². The molecule has 19 heteroatoms. The Kier molecular flexibility index (Phi) is 26.1. The van der Waals surface area contributed by atoms with Gasteiger partial charge >= 0.3 is 0 Å². The number of nitrogens with zero attached hydrogens (tertiary/aromatic N) is 9. The van der Waals surface area contributed by atoms with Crippen molar-refractivity contribution in [3.8, 4) is 124 Å². The van der Waals surface area contributed by atoms with Gasteiger partial charge in [-0.05, 0) is 150 Å². The second-order valence-corrected chi connectivity index (χ2v) is 28.7. The molecule has 14 nitrogen and oxygen atoms in total. The number of furan rings is 1. The maximum atomic E-state index is 10.4. The van der Waals surface area contributed by atoms with Crippen molar-refractivity contribution in [3.05, 3.63) is 327 Å². The van der Waals surface area contributed by atoms with Crippen molar-refractivity contribution in [2.75, 3.05) is 0 Å². The number of thiophene rings is 1. The fourth-order valence-corrected chi connectivity index (χ4v) is 16.3. The third-order valence-corrected chi connectivity index (χ3v) is 21.6. The summed E-state index contributed by atoms with van der Waals surface area (Å²) in [6.45, 7) is 7.59. The molecule has 19 aromatic rings. The third kappa shape index (κ3) is 16.6. The number of phenols is 4. The third-order valence-electron chi connectivity index (χ3n) is 20.5. The van der Waals surface area contributed by atoms with E-state index in [-0.39, 0.29) is 94.4 Å². The molecular formula is C98H73N9Ni4O5S-4. The number of para-hydroxylation sites is 4. The Morgan fingerprint density at radius 1 is 0.333 bits per heavy atom. The maximum absolute atomic E-state index is 10.4. The molecule has 0 saturated carbocycles. The van der Waals surface area contributed by atoms with Crippen LogP contribution >= 0.6 is 11.3 Å². The normalized spacial score (nSPS) is 11.5. The summed E-state index contributed by atoms with van der Waals surface area (Å²) >= 11 is 1.70. The van der Waals surface area contributed by atoms with E-state index in [9.17, 15) is 20.4 Å². The van der Waals surface area contributed by atoms with Gasteiger partial charge in [0.15, 0.2) is 0 Å². The van der Waals surface area contributed by atoms with Crippen LogP contribution in [0, 0.1) is 24.3 Å². The number of phenolic OH excluding ortho intramolecular Hbond substituents is 4. The van der Waals surface area contributed by atoms with Crippen LogP contribution in [0.3, 0.4) is 0 Å². The largest absolute Gasteiger partial charge is 0.507 e. The second kappa shape index (κ2) is 36.8. The summed E-state index contributed by atoms with van der Waals surface area (Å²) in [7, 11) is 0. The molecule has 1 aliphatic rings. The van der Waals surface area contributed by atoms with Crippen molar-refractivity contribution in [1.29, 1.82) is 0 Å². The van der Waals surface area contributed by atoms with Gasteiger partial charge in [-0.1, -0.05) is 198 Å². The average Bonchev–Trinajstić information content (AvgIpc) is 1.57. The van der Waals surface area contributed by atoms with E-state index in [0.29, 0.717) is 16.8 Å². The topological polar surface area (TPSA) is 202 Å². The molecule has 0 amide bonds. The minimum absolute atomic E-state index is 0. The molecule has 0 saturated heterocycles. The summed E-state index contributed by atoms with van der Waals surface area (Å²) in [6, 6.07) is 99.4. The zero-order chi connectivity index (χ0) is 76.9. The number of aromatic hydroxyl groups is 4. The summed E-state index contributed by atoms with van der Waals surface area (Å²) < 4.78 is 10.4. The standard InChI is InChI=1S/C29H27N2O.C25H20N3O.C22H13N2O2.C22H13N2OS.4Ni/c1-3-16-29(17-4-2)23-13-12-20(25-10-7-8-18-30-25)19-22(23)28-24(29)14-15-26(31-28)21-9-5-6-11-27(21)32;1-2-15-28-22-12-10-17(20-8-5-6-14-26-20)16-19(22)25-23(28)13-11-21(27-25)18-7-3-4-9-24(18)29;2*25-19-7-2-1-5-15(19)18-9-11-21-22(24-18)16-13-14(8-10-20(16)26-21)17-6-3-4-12-23-17;;;;/h5-15,18,32H,3-4,16-17H2,1-2H3;3-14,29H,2,15H2,1H3;2*1-12,25H;;;;/q4*-1;;;;. The van der Waals surface area contributed by atoms with Gasteiger partial charge in [0, 0.05) is 169 Å². The SMILES string of the molecule is CCCC1(CCC)c2ccc(-c3ccccn3)[c-]c2-c2nc(-c3ccccc3O)ccc21.CCCn1c2ccc(-c3ccccn3)[c-]c2c2nc(-c3ccccc3O)ccc21.Oc1ccccc1-c1ccc2oc3ccc(-c4ccccn4)[c-]c3c2n1.Oc1ccccc1-c1ccc2sc3ccc(-c4ccccn4)[c-]c3c2n1.[Ni].[Ni].[Ni].[Ni]. The van der Waals surface area contributed by atoms with Crippen LogP contribution in [0.25, 0.3) is 166 Å². The van der Waals surface area contributed by atoms with Crippen molar-refractivity contribution in [2.45, 2.75) is 64.8 Å².